The highest BCUT2D eigenvalue weighted by Crippen LogP contribution is 2.21. The van der Waals surface area contributed by atoms with Gasteiger partial charge in [-0.3, -0.25) is 0 Å². The van der Waals surface area contributed by atoms with Gasteiger partial charge in [-0.05, 0) is 39.3 Å². The summed E-state index contributed by atoms with van der Waals surface area (Å²) >= 11 is 0. The first-order valence-corrected chi connectivity index (χ1v) is 8.30. The maximum atomic E-state index is 11.9. The van der Waals surface area contributed by atoms with E-state index in [0.717, 1.165) is 13.0 Å². The zero-order valence-electron chi connectivity index (χ0n) is 14.9. The Morgan fingerprint density at radius 1 is 1.35 bits per heavy atom. The van der Waals surface area contributed by atoms with Crippen LogP contribution in [0, 0.1) is 0 Å². The predicted molar refractivity (Wildman–Crippen MR) is 94.9 cm³/mol. The number of amides is 2. The highest BCUT2D eigenvalue weighted by Gasteiger charge is 2.27. The Kier molecular flexibility index (Phi) is 4.58. The van der Waals surface area contributed by atoms with E-state index >= 15 is 0 Å². The summed E-state index contributed by atoms with van der Waals surface area (Å²) in [6.45, 7) is 6.78. The largest absolute Gasteiger partial charge is 0.464 e. The molecular weight excluding hydrogens is 340 g/mol. The van der Waals surface area contributed by atoms with Crippen molar-refractivity contribution in [3.05, 3.63) is 18.5 Å². The number of carboxylic acid groups (broad SMARTS) is 1. The molecule has 2 aromatic rings. The molecule has 1 aliphatic rings. The lowest BCUT2D eigenvalue weighted by molar-refractivity contribution is 0.0509. The summed E-state index contributed by atoms with van der Waals surface area (Å²) in [4.78, 5) is 33.4. The van der Waals surface area contributed by atoms with Crippen LogP contribution in [0.2, 0.25) is 0 Å². The Balaban J connectivity index is 1.68. The molecule has 140 valence electrons. The topological polar surface area (TPSA) is 122 Å². The molecule has 1 unspecified atom stereocenters. The number of alkyl carbamates (subject to hydrolysis) is 1. The van der Waals surface area contributed by atoms with Crippen LogP contribution in [0.1, 0.15) is 27.2 Å². The minimum atomic E-state index is -1.20. The molecule has 2 amide bonds. The monoisotopic (exact) mass is 362 g/mol. The predicted octanol–water partition coefficient (Wildman–Crippen LogP) is 1.76. The molecule has 26 heavy (non-hydrogen) atoms. The van der Waals surface area contributed by atoms with Crippen molar-refractivity contribution >= 4 is 29.2 Å². The van der Waals surface area contributed by atoms with Crippen LogP contribution in [0.5, 0.6) is 0 Å². The van der Waals surface area contributed by atoms with Crippen molar-refractivity contribution in [2.75, 3.05) is 23.4 Å². The Morgan fingerprint density at radius 2 is 2.12 bits per heavy atom. The summed E-state index contributed by atoms with van der Waals surface area (Å²) in [5, 5.41) is 11.7. The van der Waals surface area contributed by atoms with E-state index in [-0.39, 0.29) is 6.04 Å². The molecule has 0 spiro atoms. The summed E-state index contributed by atoms with van der Waals surface area (Å²) in [5.74, 6) is 0.694. The zero-order valence-corrected chi connectivity index (χ0v) is 14.9. The van der Waals surface area contributed by atoms with Crippen molar-refractivity contribution in [3.8, 4) is 0 Å². The van der Waals surface area contributed by atoms with E-state index in [9.17, 15) is 9.59 Å². The van der Waals surface area contributed by atoms with Crippen molar-refractivity contribution in [2.24, 2.45) is 0 Å². The molecule has 0 radical (unpaired) electrons. The number of carbonyl (C=O) groups is 2. The van der Waals surface area contributed by atoms with Crippen LogP contribution in [0.25, 0.3) is 11.2 Å². The first-order valence-electron chi connectivity index (χ1n) is 8.30. The Bertz CT molecular complexity index is 828. The minimum absolute atomic E-state index is 0.0376. The molecule has 0 aliphatic carbocycles. The van der Waals surface area contributed by atoms with Gasteiger partial charge in [0, 0.05) is 13.1 Å². The van der Waals surface area contributed by atoms with Crippen LogP contribution in [0.15, 0.2) is 18.5 Å². The lowest BCUT2D eigenvalue weighted by Crippen LogP contribution is -2.40. The Labute approximate surface area is 150 Å². The second-order valence-corrected chi connectivity index (χ2v) is 7.12. The number of ether oxygens (including phenoxy) is 1. The van der Waals surface area contributed by atoms with Crippen molar-refractivity contribution in [1.82, 2.24) is 20.0 Å². The molecule has 3 rings (SSSR count). The number of anilines is 1. The smallest absolute Gasteiger partial charge is 0.424 e. The highest BCUT2D eigenvalue weighted by molar-refractivity contribution is 5.79. The minimum Gasteiger partial charge on any atom is -0.464 e. The number of hydrogen-bond acceptors (Lipinski definition) is 6. The molecule has 10 heteroatoms. The molecule has 1 aliphatic heterocycles. The summed E-state index contributed by atoms with van der Waals surface area (Å²) in [5.41, 5.74) is 2.69. The molecule has 10 nitrogen and oxygen atoms in total. The van der Waals surface area contributed by atoms with Gasteiger partial charge in [0.15, 0.2) is 5.65 Å². The first-order chi connectivity index (χ1) is 12.2. The van der Waals surface area contributed by atoms with Gasteiger partial charge in [-0.25, -0.2) is 29.7 Å². The van der Waals surface area contributed by atoms with Crippen LogP contribution >= 0.6 is 0 Å². The third kappa shape index (κ3) is 4.13. The Hall–Kier alpha value is -3.04. The molecule has 0 bridgehead atoms. The van der Waals surface area contributed by atoms with E-state index in [2.05, 4.69) is 20.7 Å². The van der Waals surface area contributed by atoms with E-state index in [4.69, 9.17) is 9.84 Å². The van der Waals surface area contributed by atoms with E-state index < -0.39 is 17.8 Å². The van der Waals surface area contributed by atoms with Crippen molar-refractivity contribution in [2.45, 2.75) is 38.8 Å². The summed E-state index contributed by atoms with van der Waals surface area (Å²) in [7, 11) is 0. The molecule has 1 atom stereocenters. The third-order valence-corrected chi connectivity index (χ3v) is 3.83. The van der Waals surface area contributed by atoms with E-state index in [1.165, 1.54) is 11.0 Å². The lowest BCUT2D eigenvalue weighted by Gasteiger charge is -2.22. The molecule has 1 fully saturated rings. The SMILES string of the molecule is CC(C)(C)OC(=O)NC1CCN(c2ccc3ncn(NC(=O)O)c3n2)C1. The van der Waals surface area contributed by atoms with Gasteiger partial charge < -0.3 is 20.1 Å². The maximum Gasteiger partial charge on any atom is 0.424 e. The van der Waals surface area contributed by atoms with Crippen LogP contribution in [0.3, 0.4) is 0 Å². The van der Waals surface area contributed by atoms with Crippen molar-refractivity contribution in [1.29, 1.82) is 0 Å². The quantitative estimate of drug-likeness (QED) is 0.760. The normalized spacial score (nSPS) is 17.3. The molecular formula is C16H22N6O4. The molecule has 0 saturated carbocycles. The second-order valence-electron chi connectivity index (χ2n) is 7.12. The van der Waals surface area contributed by atoms with Gasteiger partial charge >= 0.3 is 12.2 Å². The average molecular weight is 362 g/mol. The standard InChI is InChI=1S/C16H22N6O4/c1-16(2,3)26-15(25)18-10-6-7-21(8-10)12-5-4-11-13(19-12)22(9-17-11)20-14(23)24/h4-5,9-10,20H,6-8H2,1-3H3,(H,18,25)(H,23,24). The fourth-order valence-corrected chi connectivity index (χ4v) is 2.81. The molecule has 3 N–H and O–H groups in total. The molecule has 2 aromatic heterocycles. The van der Waals surface area contributed by atoms with Crippen molar-refractivity contribution in [3.63, 3.8) is 0 Å². The number of carbonyl (C=O) groups excluding carboxylic acids is 1. The maximum absolute atomic E-state index is 11.9. The number of nitrogens with one attached hydrogen (secondary N) is 2. The number of aromatic nitrogens is 3. The van der Waals surface area contributed by atoms with Crippen LogP contribution in [-0.2, 0) is 4.74 Å². The van der Waals surface area contributed by atoms with Gasteiger partial charge in [0.2, 0.25) is 0 Å². The van der Waals surface area contributed by atoms with E-state index in [1.54, 1.807) is 6.07 Å². The van der Waals surface area contributed by atoms with Gasteiger partial charge in [0.05, 0.1) is 6.04 Å². The average Bonchev–Trinajstić information content (AvgIpc) is 3.12. The fraction of sp³-hybridized carbons (Fsp3) is 0.500. The fourth-order valence-electron chi connectivity index (χ4n) is 2.81. The third-order valence-electron chi connectivity index (χ3n) is 3.83. The van der Waals surface area contributed by atoms with Gasteiger partial charge in [-0.2, -0.15) is 0 Å². The van der Waals surface area contributed by atoms with Crippen LogP contribution in [0.4, 0.5) is 15.4 Å². The zero-order chi connectivity index (χ0) is 18.9. The Morgan fingerprint density at radius 3 is 2.81 bits per heavy atom. The summed E-state index contributed by atoms with van der Waals surface area (Å²) in [6.07, 6.45) is 0.508. The number of hydrogen-bond donors (Lipinski definition) is 3. The number of fused-ring (bicyclic) bond motifs is 1. The molecule has 1 saturated heterocycles. The number of pyridine rings is 1. The lowest BCUT2D eigenvalue weighted by atomic mass is 10.2. The number of imidazole rings is 1. The van der Waals surface area contributed by atoms with Gasteiger partial charge in [0.1, 0.15) is 23.3 Å². The van der Waals surface area contributed by atoms with Crippen LogP contribution < -0.4 is 15.6 Å². The molecule has 3 heterocycles. The van der Waals surface area contributed by atoms with Crippen molar-refractivity contribution < 1.29 is 19.4 Å². The summed E-state index contributed by atoms with van der Waals surface area (Å²) in [6, 6.07) is 3.58. The highest BCUT2D eigenvalue weighted by atomic mass is 16.6. The van der Waals surface area contributed by atoms with E-state index in [0.29, 0.717) is 23.5 Å². The number of rotatable bonds is 3. The molecule has 0 aromatic carbocycles. The van der Waals surface area contributed by atoms with E-state index in [1.807, 2.05) is 31.7 Å². The van der Waals surface area contributed by atoms with Gasteiger partial charge in [-0.15, -0.1) is 0 Å². The first kappa shape index (κ1) is 17.8. The number of nitrogens with zero attached hydrogens (tertiary/aromatic N) is 4. The summed E-state index contributed by atoms with van der Waals surface area (Å²) < 4.78 is 6.54. The second kappa shape index (κ2) is 6.70. The van der Waals surface area contributed by atoms with Crippen LogP contribution in [-0.4, -0.2) is 56.7 Å². The van der Waals surface area contributed by atoms with Gasteiger partial charge in [0.25, 0.3) is 0 Å². The van der Waals surface area contributed by atoms with Gasteiger partial charge in [-0.1, -0.05) is 0 Å².